The van der Waals surface area contributed by atoms with E-state index in [0.29, 0.717) is 5.41 Å². The molecular formula is C14H22ClNS. The molecule has 17 heavy (non-hydrogen) atoms. The highest BCUT2D eigenvalue weighted by molar-refractivity contribution is 7.99. The maximum absolute atomic E-state index is 5.77. The van der Waals surface area contributed by atoms with Crippen molar-refractivity contribution in [1.29, 1.82) is 0 Å². The fraction of sp³-hybridized carbons (Fsp3) is 0.571. The Morgan fingerprint density at radius 1 is 1.24 bits per heavy atom. The van der Waals surface area contributed by atoms with Crippen LogP contribution in [0.1, 0.15) is 20.3 Å². The molecule has 0 atom stereocenters. The monoisotopic (exact) mass is 271 g/mol. The highest BCUT2D eigenvalue weighted by Crippen LogP contribution is 2.20. The summed E-state index contributed by atoms with van der Waals surface area (Å²) >= 11 is 7.67. The van der Waals surface area contributed by atoms with Crippen molar-refractivity contribution in [2.45, 2.75) is 25.2 Å². The van der Waals surface area contributed by atoms with E-state index in [2.05, 4.69) is 49.5 Å². The average molecular weight is 272 g/mol. The van der Waals surface area contributed by atoms with Crippen molar-refractivity contribution in [3.63, 3.8) is 0 Å². The zero-order valence-corrected chi connectivity index (χ0v) is 12.3. The minimum absolute atomic E-state index is 0.305. The lowest BCUT2D eigenvalue weighted by Crippen LogP contribution is -2.31. The molecule has 96 valence electrons. The van der Waals surface area contributed by atoms with Crippen molar-refractivity contribution in [3.05, 3.63) is 30.3 Å². The van der Waals surface area contributed by atoms with Gasteiger partial charge in [-0.3, -0.25) is 0 Å². The summed E-state index contributed by atoms with van der Waals surface area (Å²) in [6.45, 7) is 6.60. The van der Waals surface area contributed by atoms with Crippen LogP contribution in [0.5, 0.6) is 0 Å². The number of benzene rings is 1. The maximum atomic E-state index is 5.77. The Hall–Kier alpha value is -0.180. The lowest BCUT2D eigenvalue weighted by molar-refractivity contribution is 0.334. The molecule has 0 aliphatic carbocycles. The molecule has 0 saturated carbocycles. The normalized spacial score (nSPS) is 11.7. The lowest BCUT2D eigenvalue weighted by Gasteiger charge is -2.23. The molecule has 0 aliphatic rings. The van der Waals surface area contributed by atoms with E-state index in [1.54, 1.807) is 0 Å². The number of hydrogen-bond donors (Lipinski definition) is 1. The second-order valence-electron chi connectivity index (χ2n) is 4.94. The fourth-order valence-corrected chi connectivity index (χ4v) is 2.87. The summed E-state index contributed by atoms with van der Waals surface area (Å²) in [5, 5.41) is 3.50. The van der Waals surface area contributed by atoms with E-state index in [-0.39, 0.29) is 0 Å². The average Bonchev–Trinajstić information content (AvgIpc) is 2.30. The fourth-order valence-electron chi connectivity index (χ4n) is 1.53. The maximum Gasteiger partial charge on any atom is 0.0229 e. The van der Waals surface area contributed by atoms with Crippen molar-refractivity contribution in [2.75, 3.05) is 24.7 Å². The molecule has 0 radical (unpaired) electrons. The van der Waals surface area contributed by atoms with E-state index >= 15 is 0 Å². The molecule has 0 saturated heterocycles. The number of rotatable bonds is 8. The topological polar surface area (TPSA) is 12.0 Å². The second-order valence-corrected chi connectivity index (χ2v) is 6.49. The summed E-state index contributed by atoms with van der Waals surface area (Å²) in [6, 6.07) is 10.5. The van der Waals surface area contributed by atoms with Crippen LogP contribution in [0.15, 0.2) is 35.2 Å². The quantitative estimate of drug-likeness (QED) is 0.435. The van der Waals surface area contributed by atoms with E-state index in [1.165, 1.54) is 4.90 Å². The van der Waals surface area contributed by atoms with Crippen LogP contribution in [-0.2, 0) is 0 Å². The Labute approximate surface area is 114 Å². The van der Waals surface area contributed by atoms with Gasteiger partial charge >= 0.3 is 0 Å². The third-order valence-electron chi connectivity index (χ3n) is 2.67. The highest BCUT2D eigenvalue weighted by Gasteiger charge is 2.15. The molecule has 1 nitrogen and oxygen atoms in total. The Morgan fingerprint density at radius 3 is 2.59 bits per heavy atom. The Balaban J connectivity index is 2.09. The first-order chi connectivity index (χ1) is 8.14. The van der Waals surface area contributed by atoms with Gasteiger partial charge in [0.1, 0.15) is 0 Å². The van der Waals surface area contributed by atoms with Crippen LogP contribution in [-0.4, -0.2) is 24.7 Å². The molecule has 1 N–H and O–H groups in total. The number of nitrogens with one attached hydrogen (secondary N) is 1. The summed E-state index contributed by atoms with van der Waals surface area (Å²) < 4.78 is 0. The van der Waals surface area contributed by atoms with Gasteiger partial charge in [0.15, 0.2) is 0 Å². The van der Waals surface area contributed by atoms with Crippen molar-refractivity contribution in [1.82, 2.24) is 5.32 Å². The number of hydrogen-bond acceptors (Lipinski definition) is 2. The largest absolute Gasteiger partial charge is 0.315 e. The van der Waals surface area contributed by atoms with Crippen LogP contribution in [0.25, 0.3) is 0 Å². The molecule has 0 heterocycles. The molecule has 0 aromatic heterocycles. The minimum Gasteiger partial charge on any atom is -0.315 e. The molecule has 1 aromatic carbocycles. The van der Waals surface area contributed by atoms with Gasteiger partial charge in [0.2, 0.25) is 0 Å². The van der Waals surface area contributed by atoms with E-state index in [1.807, 2.05) is 11.8 Å². The van der Waals surface area contributed by atoms with E-state index in [4.69, 9.17) is 11.6 Å². The highest BCUT2D eigenvalue weighted by atomic mass is 35.5. The van der Waals surface area contributed by atoms with Gasteiger partial charge < -0.3 is 5.32 Å². The van der Waals surface area contributed by atoms with Gasteiger partial charge in [-0.15, -0.1) is 23.4 Å². The molecule has 0 unspecified atom stereocenters. The first-order valence-electron chi connectivity index (χ1n) is 6.08. The Kier molecular flexibility index (Phi) is 7.02. The van der Waals surface area contributed by atoms with Crippen LogP contribution in [0, 0.1) is 5.41 Å². The molecule has 0 spiro atoms. The van der Waals surface area contributed by atoms with Gasteiger partial charge in [0.25, 0.3) is 0 Å². The van der Waals surface area contributed by atoms with E-state index in [9.17, 15) is 0 Å². The zero-order valence-electron chi connectivity index (χ0n) is 10.7. The predicted octanol–water partition coefficient (Wildman–Crippen LogP) is 4.02. The first-order valence-corrected chi connectivity index (χ1v) is 7.61. The van der Waals surface area contributed by atoms with Gasteiger partial charge in [-0.25, -0.2) is 0 Å². The van der Waals surface area contributed by atoms with Gasteiger partial charge in [-0.1, -0.05) is 32.0 Å². The molecular weight excluding hydrogens is 250 g/mol. The Bertz CT molecular complexity index is 300. The smallest absolute Gasteiger partial charge is 0.0229 e. The minimum atomic E-state index is 0.305. The Morgan fingerprint density at radius 2 is 1.94 bits per heavy atom. The zero-order chi connectivity index (χ0) is 12.6. The summed E-state index contributed by atoms with van der Waals surface area (Å²) in [5.74, 6) is 1.86. The van der Waals surface area contributed by atoms with Gasteiger partial charge in [-0.05, 0) is 24.0 Å². The number of halogens is 1. The number of thioether (sulfide) groups is 1. The first kappa shape index (κ1) is 14.9. The van der Waals surface area contributed by atoms with E-state index in [0.717, 1.165) is 31.1 Å². The number of alkyl halides is 1. The van der Waals surface area contributed by atoms with Crippen molar-refractivity contribution < 1.29 is 0 Å². The van der Waals surface area contributed by atoms with Crippen LogP contribution < -0.4 is 5.32 Å². The van der Waals surface area contributed by atoms with Gasteiger partial charge in [0, 0.05) is 29.6 Å². The molecule has 0 fully saturated rings. The molecule has 1 aromatic rings. The van der Waals surface area contributed by atoms with Crippen LogP contribution in [0.3, 0.4) is 0 Å². The standard InChI is InChI=1S/C14H22ClNS/c1-14(2,8-9-15)12-16-10-11-17-13-6-4-3-5-7-13/h3-7,16H,8-12H2,1-2H3. The predicted molar refractivity (Wildman–Crippen MR) is 79.2 cm³/mol. The molecule has 0 bridgehead atoms. The van der Waals surface area contributed by atoms with Crippen LogP contribution in [0.4, 0.5) is 0 Å². The third-order valence-corrected chi connectivity index (χ3v) is 3.87. The van der Waals surface area contributed by atoms with E-state index < -0.39 is 0 Å². The molecule has 0 amide bonds. The summed E-state index contributed by atoms with van der Waals surface area (Å²) in [6.07, 6.45) is 1.06. The summed E-state index contributed by atoms with van der Waals surface area (Å²) in [4.78, 5) is 1.34. The summed E-state index contributed by atoms with van der Waals surface area (Å²) in [7, 11) is 0. The lowest BCUT2D eigenvalue weighted by atomic mass is 9.90. The van der Waals surface area contributed by atoms with Crippen molar-refractivity contribution in [2.24, 2.45) is 5.41 Å². The van der Waals surface area contributed by atoms with Crippen LogP contribution >= 0.6 is 23.4 Å². The molecule has 0 aliphatic heterocycles. The van der Waals surface area contributed by atoms with Crippen LogP contribution in [0.2, 0.25) is 0 Å². The molecule has 1 rings (SSSR count). The molecule has 3 heteroatoms. The SMILES string of the molecule is CC(C)(CCCl)CNCCSc1ccccc1. The van der Waals surface area contributed by atoms with Gasteiger partial charge in [0.05, 0.1) is 0 Å². The second kappa shape index (κ2) is 8.02. The third kappa shape index (κ3) is 6.97. The van der Waals surface area contributed by atoms with Gasteiger partial charge in [-0.2, -0.15) is 0 Å². The summed E-state index contributed by atoms with van der Waals surface area (Å²) in [5.41, 5.74) is 0.305. The van der Waals surface area contributed by atoms with Crippen molar-refractivity contribution in [3.8, 4) is 0 Å². The van der Waals surface area contributed by atoms with Crippen molar-refractivity contribution >= 4 is 23.4 Å².